The van der Waals surface area contributed by atoms with Crippen molar-refractivity contribution in [3.05, 3.63) is 35.5 Å². The Kier molecular flexibility index (Phi) is 3.39. The van der Waals surface area contributed by atoms with E-state index in [2.05, 4.69) is 10.6 Å². The minimum absolute atomic E-state index is 0.205. The minimum Gasteiger partial charge on any atom is -0.494 e. The van der Waals surface area contributed by atoms with Gasteiger partial charge in [0.25, 0.3) is 5.91 Å². The van der Waals surface area contributed by atoms with Gasteiger partial charge in [0.05, 0.1) is 6.61 Å². The maximum absolute atomic E-state index is 11.4. The number of benzene rings is 1. The highest BCUT2D eigenvalue weighted by molar-refractivity contribution is 7.80. The van der Waals surface area contributed by atoms with E-state index in [1.54, 1.807) is 6.08 Å². The Morgan fingerprint density at radius 2 is 2.00 bits per heavy atom. The predicted molar refractivity (Wildman–Crippen MR) is 69.5 cm³/mol. The molecule has 1 aliphatic heterocycles. The molecule has 1 heterocycles. The monoisotopic (exact) mass is 248 g/mol. The van der Waals surface area contributed by atoms with Crippen molar-refractivity contribution < 1.29 is 9.53 Å². The molecule has 17 heavy (non-hydrogen) atoms. The molecule has 88 valence electrons. The predicted octanol–water partition coefficient (Wildman–Crippen LogP) is 1.43. The Hall–Kier alpha value is -1.88. The van der Waals surface area contributed by atoms with Crippen molar-refractivity contribution in [2.45, 2.75) is 6.92 Å². The molecule has 1 aromatic carbocycles. The Morgan fingerprint density at radius 3 is 2.53 bits per heavy atom. The van der Waals surface area contributed by atoms with Gasteiger partial charge in [0.2, 0.25) is 0 Å². The molecule has 2 N–H and O–H groups in total. The molecule has 5 heteroatoms. The number of carbonyl (C=O) groups is 1. The lowest BCUT2D eigenvalue weighted by Gasteiger charge is -2.02. The molecule has 0 aromatic heterocycles. The SMILES string of the molecule is CCOc1ccc(/C=C2/NC(=S)NC2=O)cc1. The molecule has 1 amide bonds. The van der Waals surface area contributed by atoms with Gasteiger partial charge in [-0.1, -0.05) is 12.1 Å². The van der Waals surface area contributed by atoms with Crippen LogP contribution in [-0.4, -0.2) is 17.6 Å². The summed E-state index contributed by atoms with van der Waals surface area (Å²) in [6.07, 6.45) is 1.74. The van der Waals surface area contributed by atoms with Crippen molar-refractivity contribution in [1.82, 2.24) is 10.6 Å². The van der Waals surface area contributed by atoms with Gasteiger partial charge in [-0.15, -0.1) is 0 Å². The smallest absolute Gasteiger partial charge is 0.273 e. The van der Waals surface area contributed by atoms with Crippen LogP contribution < -0.4 is 15.4 Å². The summed E-state index contributed by atoms with van der Waals surface area (Å²) in [5, 5.41) is 5.64. The van der Waals surface area contributed by atoms with Gasteiger partial charge < -0.3 is 10.1 Å². The molecule has 4 nitrogen and oxygen atoms in total. The van der Waals surface area contributed by atoms with Crippen LogP contribution in [0.15, 0.2) is 30.0 Å². The quantitative estimate of drug-likeness (QED) is 0.627. The molecular weight excluding hydrogens is 236 g/mol. The van der Waals surface area contributed by atoms with Crippen molar-refractivity contribution in [3.8, 4) is 5.75 Å². The van der Waals surface area contributed by atoms with Gasteiger partial charge in [-0.2, -0.15) is 0 Å². The summed E-state index contributed by atoms with van der Waals surface area (Å²) in [6, 6.07) is 7.49. The third kappa shape index (κ3) is 2.82. The van der Waals surface area contributed by atoms with Crippen molar-refractivity contribution >= 4 is 29.3 Å². The third-order valence-electron chi connectivity index (χ3n) is 2.22. The molecule has 0 saturated carbocycles. The van der Waals surface area contributed by atoms with E-state index in [-0.39, 0.29) is 5.91 Å². The highest BCUT2D eigenvalue weighted by atomic mass is 32.1. The number of rotatable bonds is 3. The van der Waals surface area contributed by atoms with Crippen LogP contribution in [0.5, 0.6) is 5.75 Å². The first-order valence-corrected chi connectivity index (χ1v) is 5.67. The summed E-state index contributed by atoms with van der Waals surface area (Å²) in [6.45, 7) is 2.57. The zero-order valence-electron chi connectivity index (χ0n) is 9.32. The van der Waals surface area contributed by atoms with E-state index in [9.17, 15) is 4.79 Å². The van der Waals surface area contributed by atoms with Crippen molar-refractivity contribution in [3.63, 3.8) is 0 Å². The number of thiocarbonyl (C=S) groups is 1. The van der Waals surface area contributed by atoms with E-state index in [1.807, 2.05) is 31.2 Å². The molecule has 1 aromatic rings. The summed E-state index contributed by atoms with van der Waals surface area (Å²) >= 11 is 4.84. The topological polar surface area (TPSA) is 50.4 Å². The fraction of sp³-hybridized carbons (Fsp3) is 0.167. The maximum Gasteiger partial charge on any atom is 0.273 e. The Bertz CT molecular complexity index is 480. The average Bonchev–Trinajstić information content (AvgIpc) is 2.61. The fourth-order valence-electron chi connectivity index (χ4n) is 1.48. The zero-order chi connectivity index (χ0) is 12.3. The average molecular weight is 248 g/mol. The molecule has 0 radical (unpaired) electrons. The molecule has 0 bridgehead atoms. The third-order valence-corrected chi connectivity index (χ3v) is 2.43. The van der Waals surface area contributed by atoms with Crippen LogP contribution in [0.1, 0.15) is 12.5 Å². The standard InChI is InChI=1S/C12H12N2O2S/c1-2-16-9-5-3-8(4-6-9)7-10-11(15)14-12(17)13-10/h3-7H,2H2,1H3,(H2,13,14,15,17)/b10-7+. The minimum atomic E-state index is -0.205. The highest BCUT2D eigenvalue weighted by Gasteiger charge is 2.19. The fourth-order valence-corrected chi connectivity index (χ4v) is 1.68. The maximum atomic E-state index is 11.4. The van der Waals surface area contributed by atoms with Gasteiger partial charge in [-0.25, -0.2) is 0 Å². The largest absolute Gasteiger partial charge is 0.494 e. The summed E-state index contributed by atoms with van der Waals surface area (Å²) in [7, 11) is 0. The molecule has 0 spiro atoms. The van der Waals surface area contributed by atoms with E-state index in [0.717, 1.165) is 11.3 Å². The van der Waals surface area contributed by atoms with Gasteiger partial charge in [-0.05, 0) is 42.9 Å². The van der Waals surface area contributed by atoms with Gasteiger partial charge in [0.1, 0.15) is 11.4 Å². The van der Waals surface area contributed by atoms with Gasteiger partial charge in [0, 0.05) is 0 Å². The Balaban J connectivity index is 2.16. The second kappa shape index (κ2) is 4.97. The Morgan fingerprint density at radius 1 is 1.29 bits per heavy atom. The first-order valence-electron chi connectivity index (χ1n) is 5.26. The summed E-state index contributed by atoms with van der Waals surface area (Å²) in [5.74, 6) is 0.609. The van der Waals surface area contributed by atoms with Crippen molar-refractivity contribution in [2.75, 3.05) is 6.61 Å². The van der Waals surface area contributed by atoms with Crippen molar-refractivity contribution in [2.24, 2.45) is 0 Å². The molecule has 1 fully saturated rings. The first-order chi connectivity index (χ1) is 8.19. The van der Waals surface area contributed by atoms with Gasteiger partial charge in [0.15, 0.2) is 5.11 Å². The molecule has 0 unspecified atom stereocenters. The molecule has 1 aliphatic rings. The molecule has 0 aliphatic carbocycles. The Labute approximate surface area is 105 Å². The van der Waals surface area contributed by atoms with Gasteiger partial charge in [-0.3, -0.25) is 10.1 Å². The summed E-state index contributed by atoms with van der Waals surface area (Å²) in [4.78, 5) is 11.4. The summed E-state index contributed by atoms with van der Waals surface area (Å²) in [5.41, 5.74) is 1.37. The number of nitrogens with one attached hydrogen (secondary N) is 2. The number of hydrogen-bond acceptors (Lipinski definition) is 3. The second-order valence-corrected chi connectivity index (χ2v) is 3.88. The van der Waals surface area contributed by atoms with E-state index < -0.39 is 0 Å². The van der Waals surface area contributed by atoms with E-state index in [0.29, 0.717) is 17.4 Å². The number of hydrogen-bond donors (Lipinski definition) is 2. The van der Waals surface area contributed by atoms with Crippen LogP contribution in [0.2, 0.25) is 0 Å². The van der Waals surface area contributed by atoms with Crippen LogP contribution in [0.3, 0.4) is 0 Å². The van der Waals surface area contributed by atoms with E-state index in [1.165, 1.54) is 0 Å². The zero-order valence-corrected chi connectivity index (χ0v) is 10.1. The van der Waals surface area contributed by atoms with Crippen LogP contribution in [0.25, 0.3) is 6.08 Å². The molecule has 1 saturated heterocycles. The van der Waals surface area contributed by atoms with Crippen LogP contribution in [0.4, 0.5) is 0 Å². The molecular formula is C12H12N2O2S. The van der Waals surface area contributed by atoms with E-state index >= 15 is 0 Å². The highest BCUT2D eigenvalue weighted by Crippen LogP contribution is 2.14. The van der Waals surface area contributed by atoms with Gasteiger partial charge >= 0.3 is 0 Å². The normalized spacial score (nSPS) is 16.9. The lowest BCUT2D eigenvalue weighted by Crippen LogP contribution is -2.21. The van der Waals surface area contributed by atoms with Crippen LogP contribution in [0, 0.1) is 0 Å². The lowest BCUT2D eigenvalue weighted by molar-refractivity contribution is -0.115. The second-order valence-electron chi connectivity index (χ2n) is 3.47. The van der Waals surface area contributed by atoms with Crippen molar-refractivity contribution in [1.29, 1.82) is 0 Å². The molecule has 2 rings (SSSR count). The first kappa shape index (κ1) is 11.6. The van der Waals surface area contributed by atoms with Crippen LogP contribution >= 0.6 is 12.2 Å². The summed E-state index contributed by atoms with van der Waals surface area (Å²) < 4.78 is 5.33. The number of amides is 1. The van der Waals surface area contributed by atoms with E-state index in [4.69, 9.17) is 17.0 Å². The number of carbonyl (C=O) groups excluding carboxylic acids is 1. The lowest BCUT2D eigenvalue weighted by atomic mass is 10.2. The van der Waals surface area contributed by atoms with Crippen LogP contribution in [-0.2, 0) is 4.79 Å². The number of ether oxygens (including phenoxy) is 1. The molecule has 0 atom stereocenters.